The summed E-state index contributed by atoms with van der Waals surface area (Å²) >= 11 is 0. The SMILES string of the molecule is CCNC(=O)c1cc(OC2CCCNC2)ccn1. The van der Waals surface area contributed by atoms with Gasteiger partial charge >= 0.3 is 0 Å². The lowest BCUT2D eigenvalue weighted by Crippen LogP contribution is -2.37. The fraction of sp³-hybridized carbons (Fsp3) is 0.538. The quantitative estimate of drug-likeness (QED) is 0.834. The van der Waals surface area contributed by atoms with E-state index < -0.39 is 0 Å². The predicted octanol–water partition coefficient (Wildman–Crippen LogP) is 0.962. The summed E-state index contributed by atoms with van der Waals surface area (Å²) in [4.78, 5) is 15.7. The molecule has 0 radical (unpaired) electrons. The first-order valence-corrected chi connectivity index (χ1v) is 6.41. The van der Waals surface area contributed by atoms with Gasteiger partial charge in [-0.05, 0) is 32.4 Å². The highest BCUT2D eigenvalue weighted by Gasteiger charge is 2.15. The van der Waals surface area contributed by atoms with Crippen LogP contribution in [-0.4, -0.2) is 36.6 Å². The van der Waals surface area contributed by atoms with Gasteiger partial charge in [-0.2, -0.15) is 0 Å². The van der Waals surface area contributed by atoms with Crippen molar-refractivity contribution in [3.05, 3.63) is 24.0 Å². The molecule has 1 aromatic rings. The summed E-state index contributed by atoms with van der Waals surface area (Å²) in [5, 5.41) is 6.02. The number of carbonyl (C=O) groups is 1. The number of pyridine rings is 1. The number of hydrogen-bond acceptors (Lipinski definition) is 4. The maximum absolute atomic E-state index is 11.6. The summed E-state index contributed by atoms with van der Waals surface area (Å²) in [6.45, 7) is 4.39. The molecular weight excluding hydrogens is 230 g/mol. The Morgan fingerprint density at radius 3 is 3.28 bits per heavy atom. The Morgan fingerprint density at radius 1 is 1.67 bits per heavy atom. The van der Waals surface area contributed by atoms with Crippen molar-refractivity contribution in [1.82, 2.24) is 15.6 Å². The molecule has 1 fully saturated rings. The summed E-state index contributed by atoms with van der Waals surface area (Å²) in [5.74, 6) is 0.546. The number of aromatic nitrogens is 1. The fourth-order valence-corrected chi connectivity index (χ4v) is 1.97. The molecule has 5 nitrogen and oxygen atoms in total. The first-order valence-electron chi connectivity index (χ1n) is 6.41. The number of rotatable bonds is 4. The van der Waals surface area contributed by atoms with Crippen LogP contribution in [0.2, 0.25) is 0 Å². The van der Waals surface area contributed by atoms with E-state index in [4.69, 9.17) is 4.74 Å². The molecule has 1 unspecified atom stereocenters. The minimum atomic E-state index is -0.162. The van der Waals surface area contributed by atoms with Crippen molar-refractivity contribution in [2.45, 2.75) is 25.9 Å². The van der Waals surface area contributed by atoms with E-state index in [9.17, 15) is 4.79 Å². The van der Waals surface area contributed by atoms with E-state index in [1.807, 2.05) is 6.92 Å². The van der Waals surface area contributed by atoms with Gasteiger partial charge in [0.15, 0.2) is 0 Å². The lowest BCUT2D eigenvalue weighted by molar-refractivity contribution is 0.0949. The summed E-state index contributed by atoms with van der Waals surface area (Å²) in [7, 11) is 0. The van der Waals surface area contributed by atoms with E-state index >= 15 is 0 Å². The Kier molecular flexibility index (Phi) is 4.52. The van der Waals surface area contributed by atoms with Crippen LogP contribution in [0, 0.1) is 0 Å². The molecule has 0 bridgehead atoms. The van der Waals surface area contributed by atoms with Crippen molar-refractivity contribution in [1.29, 1.82) is 0 Å². The molecule has 0 spiro atoms. The van der Waals surface area contributed by atoms with Crippen molar-refractivity contribution in [3.63, 3.8) is 0 Å². The molecule has 0 aromatic carbocycles. The first-order chi connectivity index (χ1) is 8.79. The molecule has 5 heteroatoms. The largest absolute Gasteiger partial charge is 0.489 e. The Bertz CT molecular complexity index is 403. The van der Waals surface area contributed by atoms with Gasteiger partial charge in [-0.15, -0.1) is 0 Å². The molecular formula is C13H19N3O2. The zero-order chi connectivity index (χ0) is 12.8. The van der Waals surface area contributed by atoms with Gasteiger partial charge in [0.05, 0.1) is 0 Å². The first kappa shape index (κ1) is 12.8. The molecule has 1 aliphatic heterocycles. The van der Waals surface area contributed by atoms with Crippen molar-refractivity contribution < 1.29 is 9.53 Å². The highest BCUT2D eigenvalue weighted by Crippen LogP contribution is 2.16. The number of nitrogens with zero attached hydrogens (tertiary/aromatic N) is 1. The molecule has 98 valence electrons. The van der Waals surface area contributed by atoms with Gasteiger partial charge in [-0.25, -0.2) is 0 Å². The Morgan fingerprint density at radius 2 is 2.56 bits per heavy atom. The molecule has 0 saturated carbocycles. The lowest BCUT2D eigenvalue weighted by Gasteiger charge is -2.23. The Hall–Kier alpha value is -1.62. The van der Waals surface area contributed by atoms with Crippen molar-refractivity contribution >= 4 is 5.91 Å². The molecule has 1 saturated heterocycles. The summed E-state index contributed by atoms with van der Waals surface area (Å²) in [5.41, 5.74) is 0.401. The van der Waals surface area contributed by atoms with Crippen LogP contribution in [0.25, 0.3) is 0 Å². The minimum absolute atomic E-state index is 0.162. The van der Waals surface area contributed by atoms with Crippen LogP contribution in [0.3, 0.4) is 0 Å². The van der Waals surface area contributed by atoms with Crippen LogP contribution in [-0.2, 0) is 0 Å². The maximum Gasteiger partial charge on any atom is 0.270 e. The van der Waals surface area contributed by atoms with E-state index in [2.05, 4.69) is 15.6 Å². The molecule has 1 amide bonds. The normalized spacial score (nSPS) is 19.3. The van der Waals surface area contributed by atoms with Crippen molar-refractivity contribution in [2.24, 2.45) is 0 Å². The average molecular weight is 249 g/mol. The smallest absolute Gasteiger partial charge is 0.270 e. The highest BCUT2D eigenvalue weighted by atomic mass is 16.5. The van der Waals surface area contributed by atoms with Crippen LogP contribution < -0.4 is 15.4 Å². The molecule has 1 aromatic heterocycles. The van der Waals surface area contributed by atoms with Gasteiger partial charge in [0.25, 0.3) is 5.91 Å². The van der Waals surface area contributed by atoms with E-state index in [0.717, 1.165) is 25.9 Å². The number of amides is 1. The fourth-order valence-electron chi connectivity index (χ4n) is 1.97. The second kappa shape index (κ2) is 6.35. The second-order valence-electron chi connectivity index (χ2n) is 4.32. The Balaban J connectivity index is 2.00. The van der Waals surface area contributed by atoms with Gasteiger partial charge in [0, 0.05) is 25.4 Å². The van der Waals surface area contributed by atoms with Gasteiger partial charge in [0.1, 0.15) is 17.5 Å². The zero-order valence-corrected chi connectivity index (χ0v) is 10.6. The summed E-state index contributed by atoms with van der Waals surface area (Å²) in [6, 6.07) is 3.48. The molecule has 1 atom stereocenters. The van der Waals surface area contributed by atoms with E-state index in [-0.39, 0.29) is 12.0 Å². The van der Waals surface area contributed by atoms with Crippen LogP contribution in [0.5, 0.6) is 5.75 Å². The van der Waals surface area contributed by atoms with Crippen LogP contribution in [0.1, 0.15) is 30.3 Å². The van der Waals surface area contributed by atoms with Crippen LogP contribution >= 0.6 is 0 Å². The maximum atomic E-state index is 11.6. The number of hydrogen-bond donors (Lipinski definition) is 2. The molecule has 2 heterocycles. The summed E-state index contributed by atoms with van der Waals surface area (Å²) < 4.78 is 5.84. The van der Waals surface area contributed by atoms with E-state index in [1.54, 1.807) is 18.3 Å². The second-order valence-corrected chi connectivity index (χ2v) is 4.32. The summed E-state index contributed by atoms with van der Waals surface area (Å²) in [6.07, 6.45) is 3.96. The van der Waals surface area contributed by atoms with Crippen LogP contribution in [0.4, 0.5) is 0 Å². The van der Waals surface area contributed by atoms with Crippen LogP contribution in [0.15, 0.2) is 18.3 Å². The lowest BCUT2D eigenvalue weighted by atomic mass is 10.1. The third-order valence-electron chi connectivity index (χ3n) is 2.86. The standard InChI is InChI=1S/C13H19N3O2/c1-2-15-13(17)12-8-10(5-7-16-12)18-11-4-3-6-14-9-11/h5,7-8,11,14H,2-4,6,9H2,1H3,(H,15,17). The van der Waals surface area contributed by atoms with Gasteiger partial charge < -0.3 is 15.4 Å². The van der Waals surface area contributed by atoms with Crippen molar-refractivity contribution in [2.75, 3.05) is 19.6 Å². The highest BCUT2D eigenvalue weighted by molar-refractivity contribution is 5.92. The average Bonchev–Trinajstić information content (AvgIpc) is 2.40. The van der Waals surface area contributed by atoms with Crippen molar-refractivity contribution in [3.8, 4) is 5.75 Å². The number of nitrogens with one attached hydrogen (secondary N) is 2. The topological polar surface area (TPSA) is 63.2 Å². The number of piperidine rings is 1. The Labute approximate surface area is 107 Å². The van der Waals surface area contributed by atoms with E-state index in [1.165, 1.54) is 0 Å². The monoisotopic (exact) mass is 249 g/mol. The molecule has 0 aliphatic carbocycles. The third-order valence-corrected chi connectivity index (χ3v) is 2.86. The van der Waals surface area contributed by atoms with Gasteiger partial charge in [-0.1, -0.05) is 0 Å². The van der Waals surface area contributed by atoms with Gasteiger partial charge in [0.2, 0.25) is 0 Å². The zero-order valence-electron chi connectivity index (χ0n) is 10.6. The molecule has 2 rings (SSSR count). The van der Waals surface area contributed by atoms with E-state index in [0.29, 0.717) is 18.0 Å². The molecule has 18 heavy (non-hydrogen) atoms. The molecule has 2 N–H and O–H groups in total. The molecule has 1 aliphatic rings. The third kappa shape index (κ3) is 3.43. The predicted molar refractivity (Wildman–Crippen MR) is 68.8 cm³/mol. The number of carbonyl (C=O) groups excluding carboxylic acids is 1. The minimum Gasteiger partial charge on any atom is -0.489 e. The number of ether oxygens (including phenoxy) is 1. The van der Waals surface area contributed by atoms with Gasteiger partial charge in [-0.3, -0.25) is 9.78 Å².